The van der Waals surface area contributed by atoms with Gasteiger partial charge in [0.25, 0.3) is 0 Å². The normalized spacial score (nSPS) is 12.7. The Morgan fingerprint density at radius 1 is 1.28 bits per heavy atom. The predicted octanol–water partition coefficient (Wildman–Crippen LogP) is 3.33. The van der Waals surface area contributed by atoms with Crippen LogP contribution in [0.5, 0.6) is 0 Å². The molecule has 0 aliphatic carbocycles. The zero-order valence-corrected chi connectivity index (χ0v) is 12.2. The van der Waals surface area contributed by atoms with Gasteiger partial charge in [0.15, 0.2) is 0 Å². The van der Waals surface area contributed by atoms with Crippen LogP contribution in [0.4, 0.5) is 4.39 Å². The van der Waals surface area contributed by atoms with Crippen LogP contribution in [0.25, 0.3) is 0 Å². The van der Waals surface area contributed by atoms with E-state index in [-0.39, 0.29) is 18.5 Å². The van der Waals surface area contributed by atoms with Crippen LogP contribution < -0.4 is 0 Å². The van der Waals surface area contributed by atoms with Crippen LogP contribution in [0, 0.1) is 5.82 Å². The minimum Gasteiger partial charge on any atom is -0.382 e. The molecule has 0 saturated carbocycles. The molecule has 1 atom stereocenters. The van der Waals surface area contributed by atoms with E-state index in [1.54, 1.807) is 13.2 Å². The first-order chi connectivity index (χ1) is 8.65. The Kier molecular flexibility index (Phi) is 7.42. The molecular weight excluding hydrogens is 303 g/mol. The van der Waals surface area contributed by atoms with Gasteiger partial charge in [0, 0.05) is 17.5 Å². The molecule has 0 aliphatic heterocycles. The zero-order chi connectivity index (χ0) is 13.4. The van der Waals surface area contributed by atoms with Gasteiger partial charge >= 0.3 is 0 Å². The Bertz CT molecular complexity index is 360. The molecule has 0 fully saturated rings. The van der Waals surface area contributed by atoms with Gasteiger partial charge in [0.1, 0.15) is 12.6 Å². The maximum absolute atomic E-state index is 12.9. The highest BCUT2D eigenvalue weighted by atomic mass is 79.9. The van der Waals surface area contributed by atoms with E-state index in [2.05, 4.69) is 15.9 Å². The summed E-state index contributed by atoms with van der Waals surface area (Å²) in [5, 5.41) is 0. The Morgan fingerprint density at radius 3 is 2.72 bits per heavy atom. The van der Waals surface area contributed by atoms with Crippen molar-refractivity contribution in [2.45, 2.75) is 12.8 Å². The Balaban J connectivity index is 2.29. The van der Waals surface area contributed by atoms with Crippen molar-refractivity contribution in [1.82, 2.24) is 0 Å². The first-order valence-electron chi connectivity index (χ1n) is 5.74. The lowest BCUT2D eigenvalue weighted by Gasteiger charge is -2.14. The topological polar surface area (TPSA) is 27.7 Å². The lowest BCUT2D eigenvalue weighted by molar-refractivity contribution is -0.0684. The molecule has 102 valence electrons. The van der Waals surface area contributed by atoms with Gasteiger partial charge in [0.2, 0.25) is 0 Å². The second-order valence-corrected chi connectivity index (χ2v) is 4.81. The molecule has 0 radical (unpaired) electrons. The lowest BCUT2D eigenvalue weighted by Crippen LogP contribution is -2.10. The molecule has 1 rings (SSSR count). The number of methoxy groups -OCH3 is 1. The highest BCUT2D eigenvalue weighted by Crippen LogP contribution is 2.25. The summed E-state index contributed by atoms with van der Waals surface area (Å²) in [6.45, 7) is 3.87. The Hall–Kier alpha value is -0.490. The molecule has 0 amide bonds. The van der Waals surface area contributed by atoms with Gasteiger partial charge in [-0.15, -0.1) is 0 Å². The fourth-order valence-electron chi connectivity index (χ4n) is 1.48. The van der Waals surface area contributed by atoms with E-state index in [4.69, 9.17) is 14.2 Å². The summed E-state index contributed by atoms with van der Waals surface area (Å²) in [4.78, 5) is 0. The third kappa shape index (κ3) is 5.44. The highest BCUT2D eigenvalue weighted by Gasteiger charge is 2.10. The van der Waals surface area contributed by atoms with E-state index >= 15 is 0 Å². The van der Waals surface area contributed by atoms with Crippen LogP contribution in [-0.4, -0.2) is 33.7 Å². The summed E-state index contributed by atoms with van der Waals surface area (Å²) >= 11 is 3.35. The minimum absolute atomic E-state index is 0.172. The molecule has 0 heterocycles. The molecule has 1 aromatic carbocycles. The van der Waals surface area contributed by atoms with Crippen molar-refractivity contribution >= 4 is 15.9 Å². The standard InChI is InChI=1S/C13H18BrFO3/c1-10(8-18-9-17-6-5-16-2)12-4-3-11(15)7-13(12)14/h3-4,7,10H,5-6,8-9H2,1-2H3. The van der Waals surface area contributed by atoms with Gasteiger partial charge in [-0.2, -0.15) is 0 Å². The molecule has 1 aromatic rings. The van der Waals surface area contributed by atoms with Crippen LogP contribution in [0.1, 0.15) is 18.4 Å². The molecule has 0 aliphatic rings. The van der Waals surface area contributed by atoms with E-state index in [1.807, 2.05) is 6.92 Å². The van der Waals surface area contributed by atoms with E-state index < -0.39 is 0 Å². The largest absolute Gasteiger partial charge is 0.382 e. The average molecular weight is 321 g/mol. The first-order valence-corrected chi connectivity index (χ1v) is 6.53. The number of hydrogen-bond donors (Lipinski definition) is 0. The summed E-state index contributed by atoms with van der Waals surface area (Å²) in [5.41, 5.74) is 1.02. The van der Waals surface area contributed by atoms with Crippen molar-refractivity contribution in [2.75, 3.05) is 33.7 Å². The third-order valence-corrected chi connectivity index (χ3v) is 3.15. The molecule has 1 unspecified atom stereocenters. The van der Waals surface area contributed by atoms with Crippen LogP contribution >= 0.6 is 15.9 Å². The zero-order valence-electron chi connectivity index (χ0n) is 10.6. The average Bonchev–Trinajstić information content (AvgIpc) is 2.33. The summed E-state index contributed by atoms with van der Waals surface area (Å²) in [5.74, 6) is -0.0763. The van der Waals surface area contributed by atoms with E-state index in [9.17, 15) is 4.39 Å². The number of halogens is 2. The molecule has 0 N–H and O–H groups in total. The van der Waals surface area contributed by atoms with Gasteiger partial charge in [-0.3, -0.25) is 0 Å². The molecule has 5 heteroatoms. The summed E-state index contributed by atoms with van der Waals surface area (Å²) < 4.78 is 29.1. The number of rotatable bonds is 8. The van der Waals surface area contributed by atoms with Crippen LogP contribution in [-0.2, 0) is 14.2 Å². The molecule has 0 saturated heterocycles. The Labute approximate surface area is 115 Å². The molecule has 0 bridgehead atoms. The van der Waals surface area contributed by atoms with Crippen molar-refractivity contribution in [3.05, 3.63) is 34.1 Å². The van der Waals surface area contributed by atoms with Crippen LogP contribution in [0.2, 0.25) is 0 Å². The summed E-state index contributed by atoms with van der Waals surface area (Å²) in [6.07, 6.45) is 0. The van der Waals surface area contributed by atoms with Crippen LogP contribution in [0.15, 0.2) is 22.7 Å². The number of ether oxygens (including phenoxy) is 3. The SMILES string of the molecule is COCCOCOCC(C)c1ccc(F)cc1Br. The van der Waals surface area contributed by atoms with Gasteiger partial charge in [-0.25, -0.2) is 4.39 Å². The Morgan fingerprint density at radius 2 is 2.06 bits per heavy atom. The van der Waals surface area contributed by atoms with Crippen LogP contribution in [0.3, 0.4) is 0 Å². The summed E-state index contributed by atoms with van der Waals surface area (Å²) in [7, 11) is 1.62. The first kappa shape index (κ1) is 15.6. The maximum atomic E-state index is 12.9. The van der Waals surface area contributed by atoms with Crippen molar-refractivity contribution in [2.24, 2.45) is 0 Å². The maximum Gasteiger partial charge on any atom is 0.146 e. The third-order valence-electron chi connectivity index (χ3n) is 2.46. The van der Waals surface area contributed by atoms with Gasteiger partial charge < -0.3 is 14.2 Å². The second kappa shape index (κ2) is 8.58. The number of hydrogen-bond acceptors (Lipinski definition) is 3. The van der Waals surface area contributed by atoms with E-state index in [0.29, 0.717) is 19.8 Å². The van der Waals surface area contributed by atoms with Crippen molar-refractivity contribution < 1.29 is 18.6 Å². The smallest absolute Gasteiger partial charge is 0.146 e. The molecular formula is C13H18BrFO3. The second-order valence-electron chi connectivity index (χ2n) is 3.96. The molecule has 0 aromatic heterocycles. The predicted molar refractivity (Wildman–Crippen MR) is 71.2 cm³/mol. The highest BCUT2D eigenvalue weighted by molar-refractivity contribution is 9.10. The van der Waals surface area contributed by atoms with Crippen molar-refractivity contribution in [3.63, 3.8) is 0 Å². The summed E-state index contributed by atoms with van der Waals surface area (Å²) in [6, 6.07) is 4.67. The van der Waals surface area contributed by atoms with Gasteiger partial charge in [-0.05, 0) is 17.7 Å². The molecule has 3 nitrogen and oxygen atoms in total. The van der Waals surface area contributed by atoms with E-state index in [0.717, 1.165) is 10.0 Å². The lowest BCUT2D eigenvalue weighted by atomic mass is 10.0. The van der Waals surface area contributed by atoms with Gasteiger partial charge in [0.05, 0.1) is 19.8 Å². The van der Waals surface area contributed by atoms with Crippen molar-refractivity contribution in [3.8, 4) is 0 Å². The molecule has 18 heavy (non-hydrogen) atoms. The number of benzene rings is 1. The quantitative estimate of drug-likeness (QED) is 0.543. The van der Waals surface area contributed by atoms with E-state index in [1.165, 1.54) is 12.1 Å². The monoisotopic (exact) mass is 320 g/mol. The minimum atomic E-state index is -0.248. The fraction of sp³-hybridized carbons (Fsp3) is 0.538. The molecule has 0 spiro atoms. The fourth-order valence-corrected chi connectivity index (χ4v) is 2.22. The van der Waals surface area contributed by atoms with Gasteiger partial charge in [-0.1, -0.05) is 28.9 Å². The van der Waals surface area contributed by atoms with Crippen molar-refractivity contribution in [1.29, 1.82) is 0 Å².